The lowest BCUT2D eigenvalue weighted by molar-refractivity contribution is -0.144. The van der Waals surface area contributed by atoms with Crippen LogP contribution in [-0.4, -0.2) is 41.4 Å². The summed E-state index contributed by atoms with van der Waals surface area (Å²) >= 11 is 0. The Balaban J connectivity index is 1.42. The zero-order valence-corrected chi connectivity index (χ0v) is 18.6. The molecule has 12 heteroatoms. The summed E-state index contributed by atoms with van der Waals surface area (Å²) in [5.74, 6) is -0.273. The Morgan fingerprint density at radius 2 is 1.82 bits per heavy atom. The molecular formula is C22H19F3N2O6S. The minimum Gasteiger partial charge on any atom is -0.487 e. The molecule has 3 aromatic rings. The predicted octanol–water partition coefficient (Wildman–Crippen LogP) is 4.10. The second kappa shape index (κ2) is 8.76. The van der Waals surface area contributed by atoms with Crippen LogP contribution in [-0.2, 0) is 27.6 Å². The van der Waals surface area contributed by atoms with Gasteiger partial charge >= 0.3 is 12.1 Å². The summed E-state index contributed by atoms with van der Waals surface area (Å²) < 4.78 is 75.6. The number of aryl methyl sites for hydroxylation is 1. The first-order chi connectivity index (χ1) is 16.0. The number of ether oxygens (including phenoxy) is 1. The standard InChI is InChI=1S/C22H19F3N2O6S/c1-13-18(26-20(33-13)14-2-4-15(5-3-14)22(23,24)25)12-32-16-6-8-17(9-7-16)34(30,31)27-11-10-19(27)21(28)29/h2-9,19H,10-12H2,1H3,(H,28,29). The zero-order chi connectivity index (χ0) is 24.7. The summed E-state index contributed by atoms with van der Waals surface area (Å²) in [7, 11) is -3.93. The molecule has 1 fully saturated rings. The maximum Gasteiger partial charge on any atom is 0.416 e. The van der Waals surface area contributed by atoms with Crippen LogP contribution < -0.4 is 4.74 Å². The Morgan fingerprint density at radius 1 is 1.18 bits per heavy atom. The molecule has 0 aliphatic carbocycles. The van der Waals surface area contributed by atoms with E-state index in [1.165, 1.54) is 36.4 Å². The largest absolute Gasteiger partial charge is 0.487 e. The van der Waals surface area contributed by atoms with Crippen molar-refractivity contribution in [2.24, 2.45) is 0 Å². The highest BCUT2D eigenvalue weighted by Crippen LogP contribution is 2.32. The van der Waals surface area contributed by atoms with E-state index in [1.54, 1.807) is 6.92 Å². The first kappa shape index (κ1) is 23.8. The van der Waals surface area contributed by atoms with Crippen molar-refractivity contribution in [1.82, 2.24) is 9.29 Å². The molecule has 34 heavy (non-hydrogen) atoms. The fourth-order valence-electron chi connectivity index (χ4n) is 3.38. The van der Waals surface area contributed by atoms with E-state index >= 15 is 0 Å². The SMILES string of the molecule is Cc1oc(-c2ccc(C(F)(F)F)cc2)nc1COc1ccc(S(=O)(=O)N2CCC2C(=O)O)cc1. The average Bonchev–Trinajstić information content (AvgIpc) is 3.11. The van der Waals surface area contributed by atoms with E-state index in [0.717, 1.165) is 16.4 Å². The summed E-state index contributed by atoms with van der Waals surface area (Å²) in [6, 6.07) is 8.89. The van der Waals surface area contributed by atoms with Crippen molar-refractivity contribution in [2.45, 2.75) is 37.1 Å². The van der Waals surface area contributed by atoms with Crippen molar-refractivity contribution < 1.29 is 40.6 Å². The van der Waals surface area contributed by atoms with Crippen molar-refractivity contribution >= 4 is 16.0 Å². The normalized spacial score (nSPS) is 16.8. The Bertz CT molecular complexity index is 1300. The number of aromatic nitrogens is 1. The molecule has 1 saturated heterocycles. The van der Waals surface area contributed by atoms with E-state index in [9.17, 15) is 26.4 Å². The van der Waals surface area contributed by atoms with Crippen LogP contribution in [0.1, 0.15) is 23.4 Å². The molecule has 1 aliphatic heterocycles. The van der Waals surface area contributed by atoms with E-state index in [2.05, 4.69) is 4.98 Å². The third-order valence-corrected chi connectivity index (χ3v) is 7.34. The second-order valence-corrected chi connectivity index (χ2v) is 9.51. The summed E-state index contributed by atoms with van der Waals surface area (Å²) in [4.78, 5) is 15.4. The van der Waals surface area contributed by atoms with Gasteiger partial charge in [0.05, 0.1) is 10.5 Å². The van der Waals surface area contributed by atoms with Gasteiger partial charge in [0.25, 0.3) is 0 Å². The summed E-state index contributed by atoms with van der Waals surface area (Å²) in [5.41, 5.74) is 0.0279. The molecule has 2 heterocycles. The third-order valence-electron chi connectivity index (χ3n) is 5.41. The van der Waals surface area contributed by atoms with Gasteiger partial charge in [-0.2, -0.15) is 17.5 Å². The van der Waals surface area contributed by atoms with Gasteiger partial charge < -0.3 is 14.3 Å². The van der Waals surface area contributed by atoms with Crippen LogP contribution in [0.15, 0.2) is 57.8 Å². The molecule has 8 nitrogen and oxygen atoms in total. The molecule has 1 unspecified atom stereocenters. The average molecular weight is 496 g/mol. The Labute approximate surface area is 192 Å². The number of halogens is 3. The van der Waals surface area contributed by atoms with Crippen LogP contribution >= 0.6 is 0 Å². The fourth-order valence-corrected chi connectivity index (χ4v) is 5.01. The maximum atomic E-state index is 12.7. The molecule has 1 aliphatic rings. The number of carboxylic acid groups (broad SMARTS) is 1. The number of alkyl halides is 3. The van der Waals surface area contributed by atoms with Crippen LogP contribution in [0.25, 0.3) is 11.5 Å². The van der Waals surface area contributed by atoms with Crippen molar-refractivity contribution in [3.8, 4) is 17.2 Å². The molecule has 0 bridgehead atoms. The summed E-state index contributed by atoms with van der Waals surface area (Å²) in [5, 5.41) is 9.09. The van der Waals surface area contributed by atoms with Gasteiger partial charge in [-0.15, -0.1) is 0 Å². The van der Waals surface area contributed by atoms with Gasteiger partial charge in [-0.05, 0) is 61.9 Å². The Kier molecular flexibility index (Phi) is 6.13. The number of hydrogen-bond acceptors (Lipinski definition) is 6. The molecule has 0 radical (unpaired) electrons. The van der Waals surface area contributed by atoms with Crippen molar-refractivity contribution in [3.05, 3.63) is 65.5 Å². The van der Waals surface area contributed by atoms with Gasteiger partial charge in [-0.3, -0.25) is 4.79 Å². The van der Waals surface area contributed by atoms with E-state index in [0.29, 0.717) is 22.8 Å². The van der Waals surface area contributed by atoms with E-state index in [-0.39, 0.29) is 30.4 Å². The number of carboxylic acids is 1. The quantitative estimate of drug-likeness (QED) is 0.525. The topological polar surface area (TPSA) is 110 Å². The van der Waals surface area contributed by atoms with Gasteiger partial charge in [-0.1, -0.05) is 0 Å². The van der Waals surface area contributed by atoms with E-state index < -0.39 is 33.8 Å². The zero-order valence-electron chi connectivity index (χ0n) is 17.7. The molecule has 0 spiro atoms. The minimum atomic E-state index is -4.44. The summed E-state index contributed by atoms with van der Waals surface area (Å²) in [6.07, 6.45) is -4.17. The molecule has 2 aromatic carbocycles. The van der Waals surface area contributed by atoms with Crippen LogP contribution in [0.5, 0.6) is 5.75 Å². The Hall–Kier alpha value is -3.38. The van der Waals surface area contributed by atoms with Crippen molar-refractivity contribution in [2.75, 3.05) is 6.54 Å². The van der Waals surface area contributed by atoms with Crippen LogP contribution in [0.2, 0.25) is 0 Å². The highest BCUT2D eigenvalue weighted by Gasteiger charge is 2.42. The molecule has 1 aromatic heterocycles. The van der Waals surface area contributed by atoms with Crippen LogP contribution in [0.4, 0.5) is 13.2 Å². The fraction of sp³-hybridized carbons (Fsp3) is 0.273. The number of sulfonamides is 1. The lowest BCUT2D eigenvalue weighted by Gasteiger charge is -2.36. The second-order valence-electron chi connectivity index (χ2n) is 7.62. The monoisotopic (exact) mass is 496 g/mol. The summed E-state index contributed by atoms with van der Waals surface area (Å²) in [6.45, 7) is 1.76. The smallest absolute Gasteiger partial charge is 0.416 e. The Morgan fingerprint density at radius 3 is 2.35 bits per heavy atom. The van der Waals surface area contributed by atoms with Gasteiger partial charge in [-0.25, -0.2) is 13.4 Å². The molecular weight excluding hydrogens is 477 g/mol. The molecule has 4 rings (SSSR count). The molecule has 0 saturated carbocycles. The highest BCUT2D eigenvalue weighted by atomic mass is 32.2. The van der Waals surface area contributed by atoms with Gasteiger partial charge in [0.1, 0.15) is 29.9 Å². The van der Waals surface area contributed by atoms with Gasteiger partial charge in [0.15, 0.2) is 0 Å². The number of oxazole rings is 1. The first-order valence-corrected chi connectivity index (χ1v) is 11.5. The molecule has 1 atom stereocenters. The molecule has 1 N–H and O–H groups in total. The lowest BCUT2D eigenvalue weighted by Crippen LogP contribution is -2.54. The van der Waals surface area contributed by atoms with E-state index in [1.807, 2.05) is 0 Å². The lowest BCUT2D eigenvalue weighted by atomic mass is 10.1. The number of nitrogens with zero attached hydrogens (tertiary/aromatic N) is 2. The number of aliphatic carboxylic acids is 1. The van der Waals surface area contributed by atoms with Crippen molar-refractivity contribution in [3.63, 3.8) is 0 Å². The van der Waals surface area contributed by atoms with Crippen molar-refractivity contribution in [1.29, 1.82) is 0 Å². The number of hydrogen-bond donors (Lipinski definition) is 1. The predicted molar refractivity (Wildman–Crippen MR) is 112 cm³/mol. The molecule has 0 amide bonds. The number of rotatable bonds is 7. The van der Waals surface area contributed by atoms with Gasteiger partial charge in [0.2, 0.25) is 15.9 Å². The third kappa shape index (κ3) is 4.64. The maximum absolute atomic E-state index is 12.7. The molecule has 180 valence electrons. The number of benzene rings is 2. The van der Waals surface area contributed by atoms with Crippen LogP contribution in [0, 0.1) is 6.92 Å². The minimum absolute atomic E-state index is 0.0186. The van der Waals surface area contributed by atoms with Gasteiger partial charge in [0, 0.05) is 12.1 Å². The van der Waals surface area contributed by atoms with E-state index in [4.69, 9.17) is 14.3 Å². The highest BCUT2D eigenvalue weighted by molar-refractivity contribution is 7.89. The van der Waals surface area contributed by atoms with Crippen LogP contribution in [0.3, 0.4) is 0 Å². The number of carbonyl (C=O) groups is 1. The first-order valence-electron chi connectivity index (χ1n) is 10.1.